The second kappa shape index (κ2) is 11.9. The molecule has 3 aromatic heterocycles. The maximum Gasteiger partial charge on any atom is 0.229 e. The Balaban J connectivity index is 1.42. The summed E-state index contributed by atoms with van der Waals surface area (Å²) in [5, 5.41) is 25.7. The number of hydrogen-bond donors (Lipinski definition) is 3. The van der Waals surface area contributed by atoms with Crippen molar-refractivity contribution in [2.45, 2.75) is 31.9 Å². The SMILES string of the molecule is C[C@H]1CN(c2ccncc2Nc2ncc3ccc(-c4c(F)cc(CCO)cc4F)nn23)C[C@@H](N)[C@H]1OCCC#N. The van der Waals surface area contributed by atoms with Gasteiger partial charge in [-0.05, 0) is 42.3 Å². The van der Waals surface area contributed by atoms with Gasteiger partial charge in [-0.1, -0.05) is 6.92 Å². The van der Waals surface area contributed by atoms with E-state index in [4.69, 9.17) is 20.8 Å². The average molecular weight is 549 g/mol. The van der Waals surface area contributed by atoms with E-state index in [9.17, 15) is 8.78 Å². The number of benzene rings is 1. The van der Waals surface area contributed by atoms with Crippen molar-refractivity contribution in [3.05, 3.63) is 66.1 Å². The van der Waals surface area contributed by atoms with Gasteiger partial charge in [0, 0.05) is 37.9 Å². The Hall–Kier alpha value is -4.18. The van der Waals surface area contributed by atoms with Crippen LogP contribution in [0, 0.1) is 28.9 Å². The second-order valence-electron chi connectivity index (χ2n) is 9.85. The van der Waals surface area contributed by atoms with E-state index in [0.717, 1.165) is 5.69 Å². The Morgan fingerprint density at radius 3 is 2.73 bits per heavy atom. The van der Waals surface area contributed by atoms with Crippen LogP contribution in [-0.4, -0.2) is 63.1 Å². The molecule has 0 bridgehead atoms. The summed E-state index contributed by atoms with van der Waals surface area (Å²) in [5.41, 5.74) is 8.83. The zero-order valence-electron chi connectivity index (χ0n) is 22.0. The lowest BCUT2D eigenvalue weighted by molar-refractivity contribution is -0.00331. The standard InChI is InChI=1S/C28H30F2N8O2/c1-17-15-37(16-22(32)27(17)40-10-2-7-31)25-5-8-33-14-24(25)35-28-34-13-19-3-4-23(36-38(19)28)26-20(29)11-18(6-9-39)12-21(26)30/h3-5,8,11-14,17,22,27,39H,2,6,9-10,15-16,32H2,1H3,(H,34,35)/t17-,22+,27-/m0/s1. The normalized spacial score (nSPS) is 19.1. The van der Waals surface area contributed by atoms with E-state index in [1.165, 1.54) is 22.7 Å². The number of imidazole rings is 1. The van der Waals surface area contributed by atoms with Crippen molar-refractivity contribution < 1.29 is 18.6 Å². The van der Waals surface area contributed by atoms with E-state index in [1.807, 2.05) is 6.07 Å². The summed E-state index contributed by atoms with van der Waals surface area (Å²) in [6, 6.07) is 9.35. The molecular weight excluding hydrogens is 518 g/mol. The maximum atomic E-state index is 14.9. The van der Waals surface area contributed by atoms with Crippen molar-refractivity contribution in [2.75, 3.05) is 36.5 Å². The minimum atomic E-state index is -0.759. The highest BCUT2D eigenvalue weighted by Crippen LogP contribution is 2.32. The van der Waals surface area contributed by atoms with E-state index in [0.29, 0.717) is 48.8 Å². The van der Waals surface area contributed by atoms with Crippen molar-refractivity contribution >= 4 is 22.8 Å². The number of anilines is 3. The van der Waals surface area contributed by atoms with Gasteiger partial charge in [0.05, 0.1) is 65.7 Å². The van der Waals surface area contributed by atoms with Crippen LogP contribution in [-0.2, 0) is 11.2 Å². The van der Waals surface area contributed by atoms with Crippen LogP contribution in [0.15, 0.2) is 48.9 Å². The van der Waals surface area contributed by atoms with Crippen molar-refractivity contribution in [3.63, 3.8) is 0 Å². The first-order chi connectivity index (χ1) is 19.4. The van der Waals surface area contributed by atoms with Crippen LogP contribution in [0.25, 0.3) is 16.8 Å². The van der Waals surface area contributed by atoms with Crippen LogP contribution >= 0.6 is 0 Å². The van der Waals surface area contributed by atoms with Gasteiger partial charge in [-0.15, -0.1) is 0 Å². The number of hydrogen-bond acceptors (Lipinski definition) is 9. The summed E-state index contributed by atoms with van der Waals surface area (Å²) in [7, 11) is 0. The summed E-state index contributed by atoms with van der Waals surface area (Å²) in [6.07, 6.45) is 5.29. The molecule has 0 amide bonds. The fourth-order valence-corrected chi connectivity index (χ4v) is 5.16. The van der Waals surface area contributed by atoms with Gasteiger partial charge < -0.3 is 25.8 Å². The molecular formula is C28H30F2N8O2. The summed E-state index contributed by atoms with van der Waals surface area (Å²) >= 11 is 0. The Morgan fingerprint density at radius 1 is 1.20 bits per heavy atom. The molecule has 4 aromatic rings. The number of pyridine rings is 1. The first kappa shape index (κ1) is 27.4. The fourth-order valence-electron chi connectivity index (χ4n) is 5.16. The molecule has 4 heterocycles. The molecule has 1 aliphatic rings. The lowest BCUT2D eigenvalue weighted by atomic mass is 9.92. The van der Waals surface area contributed by atoms with E-state index < -0.39 is 11.6 Å². The number of nitrogens with two attached hydrogens (primary N) is 1. The number of aliphatic hydroxyl groups is 1. The Labute approximate surface area is 230 Å². The van der Waals surface area contributed by atoms with E-state index in [-0.39, 0.29) is 42.3 Å². The quantitative estimate of drug-likeness (QED) is 0.269. The molecule has 0 aliphatic carbocycles. The Kier molecular flexibility index (Phi) is 8.16. The average Bonchev–Trinajstić information content (AvgIpc) is 3.32. The second-order valence-corrected chi connectivity index (χ2v) is 9.85. The Bertz CT molecular complexity index is 1500. The minimum absolute atomic E-state index is 0.101. The molecule has 4 N–H and O–H groups in total. The van der Waals surface area contributed by atoms with Crippen LogP contribution in [0.3, 0.4) is 0 Å². The van der Waals surface area contributed by atoms with Crippen molar-refractivity contribution in [2.24, 2.45) is 11.7 Å². The van der Waals surface area contributed by atoms with Gasteiger partial charge in [0.1, 0.15) is 11.6 Å². The largest absolute Gasteiger partial charge is 0.396 e. The Morgan fingerprint density at radius 2 is 2.00 bits per heavy atom. The van der Waals surface area contributed by atoms with Gasteiger partial charge in [0.15, 0.2) is 0 Å². The fraction of sp³-hybridized carbons (Fsp3) is 0.357. The number of piperidine rings is 1. The van der Waals surface area contributed by atoms with Gasteiger partial charge >= 0.3 is 0 Å². The third-order valence-corrected chi connectivity index (χ3v) is 6.97. The van der Waals surface area contributed by atoms with Crippen LogP contribution in [0.4, 0.5) is 26.1 Å². The lowest BCUT2D eigenvalue weighted by Gasteiger charge is -2.42. The summed E-state index contributed by atoms with van der Waals surface area (Å²) in [5.74, 6) is -1.06. The molecule has 0 radical (unpaired) electrons. The predicted molar refractivity (Wildman–Crippen MR) is 146 cm³/mol. The predicted octanol–water partition coefficient (Wildman–Crippen LogP) is 3.43. The van der Waals surface area contributed by atoms with Crippen LogP contribution in [0.2, 0.25) is 0 Å². The van der Waals surface area contributed by atoms with E-state index in [1.54, 1.807) is 24.7 Å². The molecule has 1 aliphatic heterocycles. The third kappa shape index (κ3) is 5.58. The van der Waals surface area contributed by atoms with Gasteiger partial charge in [-0.2, -0.15) is 14.9 Å². The monoisotopic (exact) mass is 548 g/mol. The number of fused-ring (bicyclic) bond motifs is 1. The first-order valence-corrected chi connectivity index (χ1v) is 13.0. The number of nitriles is 1. The molecule has 1 fully saturated rings. The highest BCUT2D eigenvalue weighted by Gasteiger charge is 2.34. The summed E-state index contributed by atoms with van der Waals surface area (Å²) in [4.78, 5) is 10.9. The maximum absolute atomic E-state index is 14.9. The number of aliphatic hydroxyl groups excluding tert-OH is 1. The third-order valence-electron chi connectivity index (χ3n) is 6.97. The number of ether oxygens (including phenoxy) is 1. The van der Waals surface area contributed by atoms with Crippen LogP contribution < -0.4 is 16.0 Å². The van der Waals surface area contributed by atoms with Gasteiger partial charge in [-0.25, -0.2) is 13.8 Å². The van der Waals surface area contributed by atoms with Crippen molar-refractivity contribution in [1.82, 2.24) is 19.6 Å². The van der Waals surface area contributed by atoms with Crippen molar-refractivity contribution in [1.29, 1.82) is 5.26 Å². The first-order valence-electron chi connectivity index (χ1n) is 13.0. The molecule has 10 nitrogen and oxygen atoms in total. The number of aromatic nitrogens is 4. The zero-order valence-corrected chi connectivity index (χ0v) is 22.0. The number of halogens is 2. The highest BCUT2D eigenvalue weighted by molar-refractivity contribution is 5.74. The summed E-state index contributed by atoms with van der Waals surface area (Å²) in [6.45, 7) is 3.43. The molecule has 5 rings (SSSR count). The molecule has 0 spiro atoms. The summed E-state index contributed by atoms with van der Waals surface area (Å²) < 4.78 is 37.1. The molecule has 40 heavy (non-hydrogen) atoms. The van der Waals surface area contributed by atoms with Gasteiger partial charge in [0.2, 0.25) is 5.95 Å². The molecule has 0 unspecified atom stereocenters. The molecule has 3 atom stereocenters. The molecule has 0 saturated carbocycles. The lowest BCUT2D eigenvalue weighted by Crippen LogP contribution is -2.56. The topological polar surface area (TPSA) is 138 Å². The molecule has 12 heteroatoms. The minimum Gasteiger partial charge on any atom is -0.396 e. The highest BCUT2D eigenvalue weighted by atomic mass is 19.1. The molecule has 1 aromatic carbocycles. The van der Waals surface area contributed by atoms with E-state index >= 15 is 0 Å². The van der Waals surface area contributed by atoms with Crippen LogP contribution in [0.1, 0.15) is 18.9 Å². The number of nitrogens with zero attached hydrogens (tertiary/aromatic N) is 6. The number of rotatable bonds is 9. The van der Waals surface area contributed by atoms with Crippen molar-refractivity contribution in [3.8, 4) is 17.3 Å². The zero-order chi connectivity index (χ0) is 28.2. The van der Waals surface area contributed by atoms with Gasteiger partial charge in [0.25, 0.3) is 0 Å². The van der Waals surface area contributed by atoms with Crippen LogP contribution in [0.5, 0.6) is 0 Å². The smallest absolute Gasteiger partial charge is 0.229 e. The van der Waals surface area contributed by atoms with Gasteiger partial charge in [-0.3, -0.25) is 4.98 Å². The molecule has 1 saturated heterocycles. The number of nitrogens with one attached hydrogen (secondary N) is 1. The molecule has 208 valence electrons. The van der Waals surface area contributed by atoms with E-state index in [2.05, 4.69) is 38.3 Å².